The Morgan fingerprint density at radius 3 is 2.80 bits per heavy atom. The van der Waals surface area contributed by atoms with Crippen LogP contribution >= 0.6 is 0 Å². The molecule has 2 heterocycles. The van der Waals surface area contributed by atoms with Gasteiger partial charge in [-0.3, -0.25) is 9.59 Å². The number of hydrogen-bond acceptors (Lipinski definition) is 4. The minimum Gasteiger partial charge on any atom is -0.454 e. The fraction of sp³-hybridized carbons (Fsp3) is 0.368. The van der Waals surface area contributed by atoms with Crippen molar-refractivity contribution in [1.29, 1.82) is 0 Å². The summed E-state index contributed by atoms with van der Waals surface area (Å²) in [7, 11) is 0. The van der Waals surface area contributed by atoms with Crippen LogP contribution in [-0.4, -0.2) is 23.8 Å². The highest BCUT2D eigenvalue weighted by Crippen LogP contribution is 2.36. The van der Waals surface area contributed by atoms with Gasteiger partial charge in [-0.25, -0.2) is 0 Å². The molecule has 0 bridgehead atoms. The van der Waals surface area contributed by atoms with Gasteiger partial charge in [0, 0.05) is 37.2 Å². The van der Waals surface area contributed by atoms with Gasteiger partial charge in [-0.15, -0.1) is 0 Å². The van der Waals surface area contributed by atoms with Gasteiger partial charge in [0.05, 0.1) is 0 Å². The molecular weight excluding hydrogens is 320 g/mol. The van der Waals surface area contributed by atoms with E-state index in [0.717, 1.165) is 17.1 Å². The lowest BCUT2D eigenvalue weighted by Crippen LogP contribution is -2.37. The molecule has 0 fully saturated rings. The lowest BCUT2D eigenvalue weighted by Gasteiger charge is -2.26. The largest absolute Gasteiger partial charge is 0.454 e. The molecule has 0 unspecified atom stereocenters. The molecule has 1 aromatic carbocycles. The van der Waals surface area contributed by atoms with Gasteiger partial charge in [0.15, 0.2) is 11.5 Å². The zero-order chi connectivity index (χ0) is 17.9. The van der Waals surface area contributed by atoms with E-state index in [1.54, 1.807) is 18.3 Å². The van der Waals surface area contributed by atoms with Crippen LogP contribution in [0.1, 0.15) is 25.8 Å². The van der Waals surface area contributed by atoms with Crippen LogP contribution in [0.2, 0.25) is 0 Å². The van der Waals surface area contributed by atoms with Crippen LogP contribution in [0.15, 0.2) is 47.4 Å². The van der Waals surface area contributed by atoms with Gasteiger partial charge in [0.1, 0.15) is 0 Å². The second-order valence-corrected chi connectivity index (χ2v) is 6.71. The highest BCUT2D eigenvalue weighted by atomic mass is 16.7. The quantitative estimate of drug-likeness (QED) is 0.872. The van der Waals surface area contributed by atoms with Crippen LogP contribution in [0.25, 0.3) is 0 Å². The lowest BCUT2D eigenvalue weighted by atomic mass is 9.84. The molecule has 0 atom stereocenters. The number of rotatable bonds is 6. The molecule has 132 valence electrons. The van der Waals surface area contributed by atoms with Gasteiger partial charge in [0.2, 0.25) is 12.7 Å². The number of aryl methyl sites for hydroxylation is 1. The summed E-state index contributed by atoms with van der Waals surface area (Å²) >= 11 is 0. The highest BCUT2D eigenvalue weighted by Gasteiger charge is 2.24. The number of pyridine rings is 1. The Balaban J connectivity index is 1.55. The summed E-state index contributed by atoms with van der Waals surface area (Å²) in [6.45, 7) is 5.24. The summed E-state index contributed by atoms with van der Waals surface area (Å²) in [6, 6.07) is 10.8. The first-order valence-electron chi connectivity index (χ1n) is 8.28. The van der Waals surface area contributed by atoms with Crippen molar-refractivity contribution in [2.24, 2.45) is 0 Å². The van der Waals surface area contributed by atoms with E-state index in [4.69, 9.17) is 9.47 Å². The zero-order valence-corrected chi connectivity index (χ0v) is 14.5. The molecule has 1 N–H and O–H groups in total. The van der Waals surface area contributed by atoms with Crippen molar-refractivity contribution in [2.45, 2.75) is 32.2 Å². The molecule has 0 saturated heterocycles. The van der Waals surface area contributed by atoms with Crippen LogP contribution in [0.4, 0.5) is 0 Å². The summed E-state index contributed by atoms with van der Waals surface area (Å²) in [5, 5.41) is 2.95. The van der Waals surface area contributed by atoms with Crippen molar-refractivity contribution >= 4 is 5.91 Å². The van der Waals surface area contributed by atoms with Crippen molar-refractivity contribution in [3.63, 3.8) is 0 Å². The van der Waals surface area contributed by atoms with E-state index in [2.05, 4.69) is 19.2 Å². The molecule has 25 heavy (non-hydrogen) atoms. The summed E-state index contributed by atoms with van der Waals surface area (Å²) in [4.78, 5) is 23.8. The summed E-state index contributed by atoms with van der Waals surface area (Å²) < 4.78 is 12.3. The second-order valence-electron chi connectivity index (χ2n) is 6.71. The summed E-state index contributed by atoms with van der Waals surface area (Å²) in [6.07, 6.45) is 1.95. The third kappa shape index (κ3) is 4.02. The minimum atomic E-state index is -0.250. The maximum atomic E-state index is 12.1. The Hall–Kier alpha value is -2.76. The van der Waals surface area contributed by atoms with Gasteiger partial charge in [0.25, 0.3) is 5.56 Å². The fourth-order valence-electron chi connectivity index (χ4n) is 2.69. The topological polar surface area (TPSA) is 69.6 Å². The number of fused-ring (bicyclic) bond motifs is 1. The third-order valence-corrected chi connectivity index (χ3v) is 4.36. The van der Waals surface area contributed by atoms with Crippen molar-refractivity contribution in [2.75, 3.05) is 13.3 Å². The molecule has 1 amide bonds. The van der Waals surface area contributed by atoms with Gasteiger partial charge >= 0.3 is 0 Å². The van der Waals surface area contributed by atoms with Crippen LogP contribution < -0.4 is 20.3 Å². The molecule has 1 aromatic heterocycles. The molecule has 0 radical (unpaired) electrons. The molecular formula is C19H22N2O4. The molecule has 0 spiro atoms. The van der Waals surface area contributed by atoms with Crippen molar-refractivity contribution in [1.82, 2.24) is 9.88 Å². The molecule has 6 nitrogen and oxygen atoms in total. The van der Waals surface area contributed by atoms with Crippen LogP contribution in [-0.2, 0) is 16.8 Å². The van der Waals surface area contributed by atoms with Crippen LogP contribution in [0.5, 0.6) is 11.5 Å². The highest BCUT2D eigenvalue weighted by molar-refractivity contribution is 5.75. The minimum absolute atomic E-state index is 0.0791. The fourth-order valence-corrected chi connectivity index (χ4v) is 2.69. The molecule has 0 aliphatic carbocycles. The molecule has 6 heteroatoms. The lowest BCUT2D eigenvalue weighted by molar-refractivity contribution is -0.121. The normalized spacial score (nSPS) is 12.9. The number of carbonyl (C=O) groups is 1. The van der Waals surface area contributed by atoms with Gasteiger partial charge in [-0.1, -0.05) is 26.0 Å². The van der Waals surface area contributed by atoms with Gasteiger partial charge < -0.3 is 19.4 Å². The van der Waals surface area contributed by atoms with E-state index < -0.39 is 0 Å². The first kappa shape index (κ1) is 17.1. The van der Waals surface area contributed by atoms with E-state index in [1.165, 1.54) is 10.6 Å². The molecule has 3 rings (SSSR count). The Bertz CT molecular complexity index is 826. The number of nitrogens with zero attached hydrogens (tertiary/aromatic N) is 1. The first-order valence-corrected chi connectivity index (χ1v) is 8.28. The Kier molecular flexibility index (Phi) is 4.79. The SMILES string of the molecule is CC(C)(CNC(=O)CCn1ccccc1=O)c1ccc2c(c1)OCO2. The number of ether oxygens (including phenoxy) is 2. The molecule has 0 saturated carbocycles. The summed E-state index contributed by atoms with van der Waals surface area (Å²) in [5.41, 5.74) is 0.715. The van der Waals surface area contributed by atoms with E-state index >= 15 is 0 Å². The predicted molar refractivity (Wildman–Crippen MR) is 93.9 cm³/mol. The molecule has 1 aliphatic heterocycles. The smallest absolute Gasteiger partial charge is 0.250 e. The standard InChI is InChI=1S/C19H22N2O4/c1-19(2,14-6-7-15-16(11-14)25-13-24-15)12-20-17(22)8-10-21-9-4-3-5-18(21)23/h3-7,9,11H,8,10,12-13H2,1-2H3,(H,20,22). The number of carbonyl (C=O) groups excluding carboxylic acids is 1. The number of hydrogen-bond donors (Lipinski definition) is 1. The maximum absolute atomic E-state index is 12.1. The van der Waals surface area contributed by atoms with Gasteiger partial charge in [-0.2, -0.15) is 0 Å². The molecule has 1 aliphatic rings. The van der Waals surface area contributed by atoms with Crippen LogP contribution in [0.3, 0.4) is 0 Å². The van der Waals surface area contributed by atoms with E-state index in [0.29, 0.717) is 13.1 Å². The average Bonchev–Trinajstić information content (AvgIpc) is 3.07. The zero-order valence-electron chi connectivity index (χ0n) is 14.5. The monoisotopic (exact) mass is 342 g/mol. The van der Waals surface area contributed by atoms with Gasteiger partial charge in [-0.05, 0) is 23.8 Å². The molecule has 2 aromatic rings. The number of nitrogens with one attached hydrogen (secondary N) is 1. The average molecular weight is 342 g/mol. The second kappa shape index (κ2) is 7.01. The maximum Gasteiger partial charge on any atom is 0.250 e. The Morgan fingerprint density at radius 2 is 2.00 bits per heavy atom. The Labute approximate surface area is 146 Å². The van der Waals surface area contributed by atoms with Crippen molar-refractivity contribution in [3.05, 3.63) is 58.5 Å². The van der Waals surface area contributed by atoms with E-state index in [1.807, 2.05) is 18.2 Å². The van der Waals surface area contributed by atoms with Crippen molar-refractivity contribution in [3.8, 4) is 11.5 Å². The van der Waals surface area contributed by atoms with Crippen molar-refractivity contribution < 1.29 is 14.3 Å². The number of aromatic nitrogens is 1. The predicted octanol–water partition coefficient (Wildman–Crippen LogP) is 2.06. The number of amides is 1. The first-order chi connectivity index (χ1) is 12.0. The van der Waals surface area contributed by atoms with Crippen LogP contribution in [0, 0.1) is 0 Å². The number of benzene rings is 1. The Morgan fingerprint density at radius 1 is 1.20 bits per heavy atom. The summed E-state index contributed by atoms with van der Waals surface area (Å²) in [5.74, 6) is 1.40. The third-order valence-electron chi connectivity index (χ3n) is 4.36. The van der Waals surface area contributed by atoms with E-state index in [-0.39, 0.29) is 30.1 Å². The van der Waals surface area contributed by atoms with E-state index in [9.17, 15) is 9.59 Å².